The molecule has 1 aliphatic rings. The molecule has 1 aromatic carbocycles. The minimum Gasteiger partial charge on any atom is -0.324 e. The summed E-state index contributed by atoms with van der Waals surface area (Å²) in [6.45, 7) is 0.757. The van der Waals surface area contributed by atoms with E-state index < -0.39 is 6.04 Å². The lowest BCUT2D eigenvalue weighted by Gasteiger charge is -2.17. The van der Waals surface area contributed by atoms with Crippen molar-refractivity contribution in [3.63, 3.8) is 0 Å². The molecule has 1 fully saturated rings. The summed E-state index contributed by atoms with van der Waals surface area (Å²) in [6.07, 6.45) is 4.98. The van der Waals surface area contributed by atoms with E-state index in [1.54, 1.807) is 22.8 Å². The van der Waals surface area contributed by atoms with Crippen LogP contribution >= 0.6 is 0 Å². The summed E-state index contributed by atoms with van der Waals surface area (Å²) in [4.78, 5) is 26.0. The molecule has 0 aliphatic carbocycles. The molecule has 0 spiro atoms. The Kier molecular flexibility index (Phi) is 4.61. The predicted octanol–water partition coefficient (Wildman–Crippen LogP) is 1.45. The van der Waals surface area contributed by atoms with Gasteiger partial charge in [0.1, 0.15) is 6.04 Å². The third-order valence-electron chi connectivity index (χ3n) is 4.13. The maximum absolute atomic E-state index is 12.5. The van der Waals surface area contributed by atoms with E-state index in [4.69, 9.17) is 0 Å². The number of rotatable bonds is 5. The number of amides is 2. The molecule has 1 aromatic heterocycles. The van der Waals surface area contributed by atoms with Crippen molar-refractivity contribution in [3.8, 4) is 0 Å². The normalized spacial score (nSPS) is 15.6. The summed E-state index contributed by atoms with van der Waals surface area (Å²) in [6, 6.07) is 6.87. The molecule has 1 unspecified atom stereocenters. The molecule has 2 aromatic rings. The zero-order chi connectivity index (χ0) is 17.1. The van der Waals surface area contributed by atoms with Crippen molar-refractivity contribution in [2.75, 3.05) is 23.8 Å². The van der Waals surface area contributed by atoms with Crippen molar-refractivity contribution in [2.24, 2.45) is 7.05 Å². The van der Waals surface area contributed by atoms with Gasteiger partial charge in [0, 0.05) is 43.1 Å². The maximum atomic E-state index is 12.5. The lowest BCUT2D eigenvalue weighted by Crippen LogP contribution is -2.30. The highest BCUT2D eigenvalue weighted by Gasteiger charge is 2.22. The van der Waals surface area contributed by atoms with Crippen molar-refractivity contribution in [1.82, 2.24) is 15.1 Å². The van der Waals surface area contributed by atoms with Crippen molar-refractivity contribution >= 4 is 23.2 Å². The first-order valence-electron chi connectivity index (χ1n) is 7.95. The first kappa shape index (κ1) is 16.2. The number of aryl methyl sites for hydroxylation is 1. The van der Waals surface area contributed by atoms with Crippen molar-refractivity contribution < 1.29 is 9.59 Å². The van der Waals surface area contributed by atoms with Crippen LogP contribution in [0.4, 0.5) is 11.4 Å². The van der Waals surface area contributed by atoms with Gasteiger partial charge in [-0.2, -0.15) is 5.10 Å². The Morgan fingerprint density at radius 1 is 1.29 bits per heavy atom. The molecule has 7 nitrogen and oxygen atoms in total. The largest absolute Gasteiger partial charge is 0.324 e. The third-order valence-corrected chi connectivity index (χ3v) is 4.13. The fourth-order valence-corrected chi connectivity index (χ4v) is 2.90. The highest BCUT2D eigenvalue weighted by Crippen LogP contribution is 2.23. The second kappa shape index (κ2) is 6.84. The molecule has 1 atom stereocenters. The lowest BCUT2D eigenvalue weighted by molar-refractivity contribution is -0.118. The van der Waals surface area contributed by atoms with Gasteiger partial charge in [0.25, 0.3) is 0 Å². The molecule has 24 heavy (non-hydrogen) atoms. The fraction of sp³-hybridized carbons (Fsp3) is 0.353. The quantitative estimate of drug-likeness (QED) is 0.871. The van der Waals surface area contributed by atoms with Gasteiger partial charge in [-0.1, -0.05) is 0 Å². The molecule has 0 bridgehead atoms. The molecule has 0 radical (unpaired) electrons. The number of nitrogens with zero attached hydrogens (tertiary/aromatic N) is 3. The molecule has 2 amide bonds. The number of carbonyl (C=O) groups excluding carboxylic acids is 2. The first-order valence-corrected chi connectivity index (χ1v) is 7.95. The van der Waals surface area contributed by atoms with E-state index in [2.05, 4.69) is 15.7 Å². The SMILES string of the molecule is CNC(C(=O)Nc1ccc(N2CCCC2=O)cc1)c1cnn(C)c1. The topological polar surface area (TPSA) is 79.3 Å². The summed E-state index contributed by atoms with van der Waals surface area (Å²) >= 11 is 0. The standard InChI is InChI=1S/C17H21N5O2/c1-18-16(12-10-19-21(2)11-12)17(24)20-13-5-7-14(8-6-13)22-9-3-4-15(22)23/h5-8,10-11,16,18H,3-4,9H2,1-2H3,(H,20,24). The lowest BCUT2D eigenvalue weighted by atomic mass is 10.1. The molecule has 1 saturated heterocycles. The molecule has 0 saturated carbocycles. The van der Waals surface area contributed by atoms with Crippen LogP contribution < -0.4 is 15.5 Å². The van der Waals surface area contributed by atoms with Crippen LogP contribution in [0.5, 0.6) is 0 Å². The van der Waals surface area contributed by atoms with Crippen molar-refractivity contribution in [2.45, 2.75) is 18.9 Å². The molecule has 2 N–H and O–H groups in total. The molecular weight excluding hydrogens is 306 g/mol. The number of carbonyl (C=O) groups is 2. The number of anilines is 2. The Balaban J connectivity index is 1.68. The van der Waals surface area contributed by atoms with Crippen LogP contribution in [0.1, 0.15) is 24.4 Å². The smallest absolute Gasteiger partial charge is 0.246 e. The van der Waals surface area contributed by atoms with Crippen molar-refractivity contribution in [1.29, 1.82) is 0 Å². The fourth-order valence-electron chi connectivity index (χ4n) is 2.90. The van der Waals surface area contributed by atoms with Gasteiger partial charge in [-0.25, -0.2) is 0 Å². The van der Waals surface area contributed by atoms with Gasteiger partial charge >= 0.3 is 0 Å². The zero-order valence-corrected chi connectivity index (χ0v) is 13.8. The molecule has 3 rings (SSSR count). The van der Waals surface area contributed by atoms with Crippen LogP contribution in [0.2, 0.25) is 0 Å². The average molecular weight is 327 g/mol. The highest BCUT2D eigenvalue weighted by molar-refractivity contribution is 5.97. The number of aromatic nitrogens is 2. The van der Waals surface area contributed by atoms with Crippen LogP contribution in [-0.2, 0) is 16.6 Å². The Morgan fingerprint density at radius 3 is 2.58 bits per heavy atom. The number of benzene rings is 1. The highest BCUT2D eigenvalue weighted by atomic mass is 16.2. The van der Waals surface area contributed by atoms with Gasteiger partial charge in [-0.15, -0.1) is 0 Å². The van der Waals surface area contributed by atoms with Gasteiger partial charge < -0.3 is 15.5 Å². The summed E-state index contributed by atoms with van der Waals surface area (Å²) in [7, 11) is 3.55. The number of likely N-dealkylation sites (N-methyl/N-ethyl adjacent to an activating group) is 1. The minimum absolute atomic E-state index is 0.151. The number of hydrogen-bond acceptors (Lipinski definition) is 4. The average Bonchev–Trinajstić information content (AvgIpc) is 3.18. The second-order valence-electron chi connectivity index (χ2n) is 5.85. The summed E-state index contributed by atoms with van der Waals surface area (Å²) in [5, 5.41) is 9.98. The first-order chi connectivity index (χ1) is 11.6. The van der Waals surface area contributed by atoms with E-state index >= 15 is 0 Å². The summed E-state index contributed by atoms with van der Waals surface area (Å²) in [5.41, 5.74) is 2.37. The molecule has 2 heterocycles. The van der Waals surface area contributed by atoms with Gasteiger partial charge in [0.2, 0.25) is 11.8 Å². The molecular formula is C17H21N5O2. The molecule has 7 heteroatoms. The minimum atomic E-state index is -0.474. The summed E-state index contributed by atoms with van der Waals surface area (Å²) in [5.74, 6) is -0.00545. The van der Waals surface area contributed by atoms with Crippen LogP contribution in [0, 0.1) is 0 Å². The van der Waals surface area contributed by atoms with Gasteiger partial charge in [-0.05, 0) is 37.7 Å². The number of nitrogens with one attached hydrogen (secondary N) is 2. The zero-order valence-electron chi connectivity index (χ0n) is 13.8. The van der Waals surface area contributed by atoms with E-state index in [0.717, 1.165) is 24.2 Å². The van der Waals surface area contributed by atoms with E-state index in [-0.39, 0.29) is 11.8 Å². The Bertz CT molecular complexity index is 738. The van der Waals surface area contributed by atoms with E-state index in [0.29, 0.717) is 12.1 Å². The molecule has 126 valence electrons. The second-order valence-corrected chi connectivity index (χ2v) is 5.85. The summed E-state index contributed by atoms with van der Waals surface area (Å²) < 4.78 is 1.66. The maximum Gasteiger partial charge on any atom is 0.246 e. The van der Waals surface area contributed by atoms with Crippen LogP contribution in [0.15, 0.2) is 36.7 Å². The van der Waals surface area contributed by atoms with Crippen LogP contribution in [-0.4, -0.2) is 35.2 Å². The molecule has 1 aliphatic heterocycles. The predicted molar refractivity (Wildman–Crippen MR) is 91.7 cm³/mol. The van der Waals surface area contributed by atoms with E-state index in [1.807, 2.05) is 37.5 Å². The monoisotopic (exact) mass is 327 g/mol. The Morgan fingerprint density at radius 2 is 2.04 bits per heavy atom. The third kappa shape index (κ3) is 3.30. The van der Waals surface area contributed by atoms with Crippen LogP contribution in [0.3, 0.4) is 0 Å². The van der Waals surface area contributed by atoms with E-state index in [1.165, 1.54) is 0 Å². The van der Waals surface area contributed by atoms with Crippen LogP contribution in [0.25, 0.3) is 0 Å². The Labute approximate surface area is 140 Å². The van der Waals surface area contributed by atoms with Gasteiger partial charge in [0.15, 0.2) is 0 Å². The van der Waals surface area contributed by atoms with Gasteiger partial charge in [0.05, 0.1) is 6.20 Å². The number of hydrogen-bond donors (Lipinski definition) is 2. The van der Waals surface area contributed by atoms with Crippen molar-refractivity contribution in [3.05, 3.63) is 42.2 Å². The Hall–Kier alpha value is -2.67. The van der Waals surface area contributed by atoms with E-state index in [9.17, 15) is 9.59 Å². The van der Waals surface area contributed by atoms with Gasteiger partial charge in [-0.3, -0.25) is 14.3 Å².